The lowest BCUT2D eigenvalue weighted by molar-refractivity contribution is -0.138. The highest BCUT2D eigenvalue weighted by atomic mass is 19.4. The van der Waals surface area contributed by atoms with Crippen molar-refractivity contribution in [2.75, 3.05) is 0 Å². The fourth-order valence-corrected chi connectivity index (χ4v) is 1.27. The molecule has 0 radical (unpaired) electrons. The van der Waals surface area contributed by atoms with Crippen molar-refractivity contribution in [3.63, 3.8) is 0 Å². The van der Waals surface area contributed by atoms with Crippen LogP contribution in [0.3, 0.4) is 0 Å². The quantitative estimate of drug-likeness (QED) is 0.786. The number of hydrogen-bond acceptors (Lipinski definition) is 1. The number of aryl methyl sites for hydroxylation is 1. The normalized spacial score (nSPS) is 14.2. The zero-order valence-electron chi connectivity index (χ0n) is 8.22. The van der Waals surface area contributed by atoms with Gasteiger partial charge in [-0.05, 0) is 24.1 Å². The highest BCUT2D eigenvalue weighted by Crippen LogP contribution is 2.34. The van der Waals surface area contributed by atoms with E-state index < -0.39 is 29.8 Å². The van der Waals surface area contributed by atoms with Gasteiger partial charge >= 0.3 is 6.18 Å². The van der Waals surface area contributed by atoms with Crippen molar-refractivity contribution in [1.29, 1.82) is 0 Å². The Labute approximate surface area is 88.5 Å². The van der Waals surface area contributed by atoms with Gasteiger partial charge in [-0.2, -0.15) is 13.2 Å². The fraction of sp³-hybridized carbons (Fsp3) is 0.400. The average Bonchev–Trinajstić information content (AvgIpc) is 2.15. The van der Waals surface area contributed by atoms with Crippen LogP contribution in [0.5, 0.6) is 0 Å². The summed E-state index contributed by atoms with van der Waals surface area (Å²) in [6, 6.07) is 2.66. The minimum absolute atomic E-state index is 0.0716. The molecule has 1 aromatic carbocycles. The summed E-state index contributed by atoms with van der Waals surface area (Å²) >= 11 is 0. The molecule has 0 amide bonds. The molecule has 1 N–H and O–H groups in total. The van der Waals surface area contributed by atoms with E-state index >= 15 is 0 Å². The molecule has 1 nitrogen and oxygen atoms in total. The first-order valence-corrected chi connectivity index (χ1v) is 4.37. The van der Waals surface area contributed by atoms with E-state index in [4.69, 9.17) is 5.11 Å². The number of aliphatic hydroxyl groups excluding tert-OH is 1. The first-order valence-electron chi connectivity index (χ1n) is 4.37. The van der Waals surface area contributed by atoms with Gasteiger partial charge < -0.3 is 5.11 Å². The zero-order chi connectivity index (χ0) is 12.5. The molecule has 0 fully saturated rings. The lowest BCUT2D eigenvalue weighted by Crippen LogP contribution is -2.12. The Morgan fingerprint density at radius 2 is 1.75 bits per heavy atom. The minimum atomic E-state index is -4.61. The lowest BCUT2D eigenvalue weighted by Gasteiger charge is -2.15. The molecule has 1 aromatic rings. The second kappa shape index (κ2) is 4.37. The van der Waals surface area contributed by atoms with Gasteiger partial charge in [0.15, 0.2) is 0 Å². The molecule has 0 aromatic heterocycles. The smallest absolute Gasteiger partial charge is 0.382 e. The van der Waals surface area contributed by atoms with Gasteiger partial charge in [-0.25, -0.2) is 8.78 Å². The fourth-order valence-electron chi connectivity index (χ4n) is 1.27. The Morgan fingerprint density at radius 1 is 1.19 bits per heavy atom. The van der Waals surface area contributed by atoms with Crippen LogP contribution in [0.2, 0.25) is 0 Å². The van der Waals surface area contributed by atoms with E-state index in [1.807, 2.05) is 0 Å². The number of benzene rings is 1. The number of aliphatic hydroxyl groups is 1. The van der Waals surface area contributed by atoms with E-state index in [0.717, 1.165) is 12.1 Å². The van der Waals surface area contributed by atoms with Crippen LogP contribution < -0.4 is 0 Å². The van der Waals surface area contributed by atoms with Crippen LogP contribution in [0.1, 0.15) is 22.8 Å². The van der Waals surface area contributed by atoms with Crippen molar-refractivity contribution in [2.45, 2.75) is 25.6 Å². The predicted octanol–water partition coefficient (Wildman–Crippen LogP) is 3.31. The third kappa shape index (κ3) is 2.69. The van der Waals surface area contributed by atoms with E-state index in [2.05, 4.69) is 0 Å². The van der Waals surface area contributed by atoms with Crippen molar-refractivity contribution >= 4 is 0 Å². The molecule has 1 unspecified atom stereocenters. The second-order valence-electron chi connectivity index (χ2n) is 3.35. The van der Waals surface area contributed by atoms with Crippen LogP contribution in [-0.4, -0.2) is 11.5 Å². The summed E-state index contributed by atoms with van der Waals surface area (Å²) in [6.07, 6.45) is -9.91. The van der Waals surface area contributed by atoms with Crippen molar-refractivity contribution < 1.29 is 27.1 Å². The van der Waals surface area contributed by atoms with Gasteiger partial charge in [-0.1, -0.05) is 12.1 Å². The summed E-state index contributed by atoms with van der Waals surface area (Å²) in [5.74, 6) is 0. The third-order valence-corrected chi connectivity index (χ3v) is 2.15. The van der Waals surface area contributed by atoms with Crippen LogP contribution >= 0.6 is 0 Å². The van der Waals surface area contributed by atoms with Crippen molar-refractivity contribution in [2.24, 2.45) is 0 Å². The predicted molar refractivity (Wildman–Crippen MR) is 47.1 cm³/mol. The summed E-state index contributed by atoms with van der Waals surface area (Å²) in [5.41, 5.74) is -1.52. The molecular weight excluding hydrogens is 231 g/mol. The molecule has 0 spiro atoms. The molecule has 0 saturated carbocycles. The van der Waals surface area contributed by atoms with E-state index in [1.54, 1.807) is 0 Å². The maximum absolute atomic E-state index is 12.4. The largest absolute Gasteiger partial charge is 0.416 e. The van der Waals surface area contributed by atoms with Crippen molar-refractivity contribution in [3.05, 3.63) is 34.9 Å². The highest BCUT2D eigenvalue weighted by molar-refractivity contribution is 5.34. The van der Waals surface area contributed by atoms with Crippen molar-refractivity contribution in [1.82, 2.24) is 0 Å². The Kier molecular flexibility index (Phi) is 3.52. The van der Waals surface area contributed by atoms with Crippen LogP contribution in [0.15, 0.2) is 18.2 Å². The lowest BCUT2D eigenvalue weighted by atomic mass is 10.0. The van der Waals surface area contributed by atoms with Gasteiger partial charge in [0.25, 0.3) is 6.43 Å². The van der Waals surface area contributed by atoms with Crippen LogP contribution in [0.25, 0.3) is 0 Å². The molecule has 1 atom stereocenters. The molecule has 0 saturated heterocycles. The monoisotopic (exact) mass is 240 g/mol. The first-order chi connectivity index (χ1) is 7.23. The SMILES string of the molecule is Cc1ccc(C(O)C(F)F)cc1C(F)(F)F. The minimum Gasteiger partial charge on any atom is -0.382 e. The Balaban J connectivity index is 3.18. The van der Waals surface area contributed by atoms with Crippen LogP contribution in [0, 0.1) is 6.92 Å². The Morgan fingerprint density at radius 3 is 2.19 bits per heavy atom. The number of hydrogen-bond donors (Lipinski definition) is 1. The number of alkyl halides is 5. The van der Waals surface area contributed by atoms with Gasteiger partial charge in [0, 0.05) is 0 Å². The Bertz CT molecular complexity index is 372. The molecule has 16 heavy (non-hydrogen) atoms. The third-order valence-electron chi connectivity index (χ3n) is 2.15. The summed E-state index contributed by atoms with van der Waals surface area (Å²) < 4.78 is 61.5. The average molecular weight is 240 g/mol. The van der Waals surface area contributed by atoms with Crippen molar-refractivity contribution in [3.8, 4) is 0 Å². The van der Waals surface area contributed by atoms with Gasteiger partial charge in [0.1, 0.15) is 6.10 Å². The van der Waals surface area contributed by atoms with E-state index in [1.165, 1.54) is 6.92 Å². The van der Waals surface area contributed by atoms with Gasteiger partial charge in [-0.3, -0.25) is 0 Å². The summed E-state index contributed by atoms with van der Waals surface area (Å²) in [7, 11) is 0. The highest BCUT2D eigenvalue weighted by Gasteiger charge is 2.33. The zero-order valence-corrected chi connectivity index (χ0v) is 8.22. The van der Waals surface area contributed by atoms with E-state index in [9.17, 15) is 22.0 Å². The van der Waals surface area contributed by atoms with Gasteiger partial charge in [0.05, 0.1) is 5.56 Å². The number of rotatable bonds is 2. The van der Waals surface area contributed by atoms with Gasteiger partial charge in [0.2, 0.25) is 0 Å². The maximum atomic E-state index is 12.4. The second-order valence-corrected chi connectivity index (χ2v) is 3.35. The molecule has 90 valence electrons. The van der Waals surface area contributed by atoms with Gasteiger partial charge in [-0.15, -0.1) is 0 Å². The summed E-state index contributed by atoms with van der Waals surface area (Å²) in [6.45, 7) is 1.22. The maximum Gasteiger partial charge on any atom is 0.416 e. The molecule has 1 rings (SSSR count). The molecule has 0 aliphatic carbocycles. The molecule has 6 heteroatoms. The first kappa shape index (κ1) is 12.9. The Hall–Kier alpha value is -1.17. The summed E-state index contributed by atoms with van der Waals surface area (Å²) in [4.78, 5) is 0. The number of halogens is 5. The van der Waals surface area contributed by atoms with E-state index in [-0.39, 0.29) is 5.56 Å². The van der Waals surface area contributed by atoms with E-state index in [0.29, 0.717) is 6.07 Å². The molecule has 0 aliphatic rings. The standard InChI is InChI=1S/C10H9F5O/c1-5-2-3-6(8(16)9(11)12)4-7(5)10(13,14)15/h2-4,8-9,16H,1H3. The topological polar surface area (TPSA) is 20.2 Å². The molecule has 0 aliphatic heterocycles. The molecule has 0 bridgehead atoms. The summed E-state index contributed by atoms with van der Waals surface area (Å²) in [5, 5.41) is 8.96. The molecule has 0 heterocycles. The van der Waals surface area contributed by atoms with Crippen LogP contribution in [0.4, 0.5) is 22.0 Å². The molecular formula is C10H9F5O. The van der Waals surface area contributed by atoms with Crippen LogP contribution in [-0.2, 0) is 6.18 Å².